The first-order chi connectivity index (χ1) is 14.5. The molecule has 0 aliphatic rings. The lowest BCUT2D eigenvalue weighted by Crippen LogP contribution is -2.34. The summed E-state index contributed by atoms with van der Waals surface area (Å²) in [5, 5.41) is 15.4. The van der Waals surface area contributed by atoms with Crippen molar-refractivity contribution in [3.63, 3.8) is 0 Å². The van der Waals surface area contributed by atoms with Gasteiger partial charge in [-0.3, -0.25) is 9.78 Å². The number of hydrogen-bond acceptors (Lipinski definition) is 6. The highest BCUT2D eigenvalue weighted by Gasteiger charge is 2.23. The SMILES string of the molecule is C=CCOC(=O)NC[C@@H](C(=O)Nc1cc2c(F)cncc2s1)c1ccc(CO)cc1. The Morgan fingerprint density at radius 2 is 2.07 bits per heavy atom. The molecule has 2 aromatic heterocycles. The number of ether oxygens (including phenoxy) is 1. The van der Waals surface area contributed by atoms with E-state index < -0.39 is 17.8 Å². The molecule has 1 aromatic carbocycles. The van der Waals surface area contributed by atoms with Crippen LogP contribution in [0.1, 0.15) is 17.0 Å². The molecule has 0 spiro atoms. The van der Waals surface area contributed by atoms with Gasteiger partial charge in [-0.2, -0.15) is 0 Å². The summed E-state index contributed by atoms with van der Waals surface area (Å²) in [5.41, 5.74) is 1.34. The van der Waals surface area contributed by atoms with Crippen LogP contribution in [0.5, 0.6) is 0 Å². The quantitative estimate of drug-likeness (QED) is 0.476. The van der Waals surface area contributed by atoms with E-state index in [0.717, 1.165) is 6.20 Å². The molecule has 0 radical (unpaired) electrons. The maximum atomic E-state index is 13.9. The maximum absolute atomic E-state index is 13.9. The fraction of sp³-hybridized carbons (Fsp3) is 0.190. The third-order valence-corrected chi connectivity index (χ3v) is 5.29. The molecular weight excluding hydrogens is 409 g/mol. The van der Waals surface area contributed by atoms with E-state index in [1.807, 2.05) is 0 Å². The van der Waals surface area contributed by atoms with Crippen molar-refractivity contribution in [1.29, 1.82) is 0 Å². The standard InChI is InChI=1S/C21H20FN3O4S/c1-2-7-29-21(28)24-9-16(14-5-3-13(12-26)4-6-14)20(27)25-19-8-15-17(22)10-23-11-18(15)30-19/h2-6,8,10-11,16,26H,1,7,9,12H2,(H,24,28)(H,25,27)/t16-/m1/s1. The van der Waals surface area contributed by atoms with Crippen LogP contribution < -0.4 is 10.6 Å². The van der Waals surface area contributed by atoms with Crippen molar-refractivity contribution in [1.82, 2.24) is 10.3 Å². The molecule has 3 N–H and O–H groups in total. The van der Waals surface area contributed by atoms with E-state index in [-0.39, 0.29) is 25.7 Å². The lowest BCUT2D eigenvalue weighted by Gasteiger charge is -2.17. The highest BCUT2D eigenvalue weighted by molar-refractivity contribution is 7.22. The lowest BCUT2D eigenvalue weighted by atomic mass is 9.97. The summed E-state index contributed by atoms with van der Waals surface area (Å²) in [5.74, 6) is -1.58. The van der Waals surface area contributed by atoms with Gasteiger partial charge in [-0.05, 0) is 17.2 Å². The number of amides is 2. The van der Waals surface area contributed by atoms with Gasteiger partial charge in [0.05, 0.1) is 28.4 Å². The maximum Gasteiger partial charge on any atom is 0.407 e. The Morgan fingerprint density at radius 3 is 2.73 bits per heavy atom. The number of nitrogens with zero attached hydrogens (tertiary/aromatic N) is 1. The van der Waals surface area contributed by atoms with E-state index in [9.17, 15) is 19.1 Å². The van der Waals surface area contributed by atoms with Gasteiger partial charge in [-0.1, -0.05) is 36.9 Å². The Balaban J connectivity index is 1.79. The highest BCUT2D eigenvalue weighted by atomic mass is 32.1. The number of aliphatic hydroxyl groups excluding tert-OH is 1. The Bertz CT molecular complexity index is 1050. The molecule has 7 nitrogen and oxygen atoms in total. The van der Waals surface area contributed by atoms with Gasteiger partial charge in [-0.15, -0.1) is 11.3 Å². The van der Waals surface area contributed by atoms with Crippen LogP contribution in [-0.2, 0) is 16.1 Å². The normalized spacial score (nSPS) is 11.7. The average Bonchev–Trinajstić information content (AvgIpc) is 3.16. The number of thiophene rings is 1. The average molecular weight is 429 g/mol. The van der Waals surface area contributed by atoms with E-state index in [4.69, 9.17) is 4.74 Å². The van der Waals surface area contributed by atoms with Crippen LogP contribution >= 0.6 is 11.3 Å². The molecule has 0 aliphatic heterocycles. The number of hydrogen-bond donors (Lipinski definition) is 3. The van der Waals surface area contributed by atoms with Crippen molar-refractivity contribution >= 4 is 38.4 Å². The third-order valence-electron chi connectivity index (χ3n) is 4.31. The molecule has 30 heavy (non-hydrogen) atoms. The number of rotatable bonds is 8. The second-order valence-electron chi connectivity index (χ2n) is 6.35. The van der Waals surface area contributed by atoms with E-state index >= 15 is 0 Å². The zero-order chi connectivity index (χ0) is 21.5. The van der Waals surface area contributed by atoms with Crippen molar-refractivity contribution in [2.24, 2.45) is 0 Å². The fourth-order valence-corrected chi connectivity index (χ4v) is 3.73. The monoisotopic (exact) mass is 429 g/mol. The van der Waals surface area contributed by atoms with E-state index in [0.29, 0.717) is 26.2 Å². The zero-order valence-electron chi connectivity index (χ0n) is 15.9. The predicted molar refractivity (Wildman–Crippen MR) is 113 cm³/mol. The molecule has 0 aliphatic carbocycles. The van der Waals surface area contributed by atoms with Crippen molar-refractivity contribution < 1.29 is 23.8 Å². The first-order valence-electron chi connectivity index (χ1n) is 9.07. The fourth-order valence-electron chi connectivity index (χ4n) is 2.79. The largest absolute Gasteiger partial charge is 0.445 e. The number of nitrogens with one attached hydrogen (secondary N) is 2. The molecule has 2 amide bonds. The number of anilines is 1. The van der Waals surface area contributed by atoms with Gasteiger partial charge in [0.15, 0.2) is 0 Å². The number of carbonyl (C=O) groups is 2. The van der Waals surface area contributed by atoms with Gasteiger partial charge in [0.1, 0.15) is 12.4 Å². The van der Waals surface area contributed by atoms with Crippen molar-refractivity contribution in [3.8, 4) is 0 Å². The molecule has 9 heteroatoms. The lowest BCUT2D eigenvalue weighted by molar-refractivity contribution is -0.117. The molecule has 1 atom stereocenters. The van der Waals surface area contributed by atoms with Gasteiger partial charge in [0.2, 0.25) is 5.91 Å². The molecular formula is C21H20FN3O4S. The number of carbonyl (C=O) groups excluding carboxylic acids is 2. The van der Waals surface area contributed by atoms with Gasteiger partial charge >= 0.3 is 6.09 Å². The van der Waals surface area contributed by atoms with E-state index in [2.05, 4.69) is 22.2 Å². The van der Waals surface area contributed by atoms with Crippen LogP contribution in [0.4, 0.5) is 14.2 Å². The van der Waals surface area contributed by atoms with Crippen molar-refractivity contribution in [3.05, 3.63) is 72.3 Å². The number of aliphatic hydroxyl groups is 1. The van der Waals surface area contributed by atoms with Crippen LogP contribution in [0.3, 0.4) is 0 Å². The van der Waals surface area contributed by atoms with Crippen molar-refractivity contribution in [2.75, 3.05) is 18.5 Å². The minimum absolute atomic E-state index is 0.0128. The molecule has 0 bridgehead atoms. The molecule has 0 saturated heterocycles. The van der Waals surface area contributed by atoms with Crippen LogP contribution in [0, 0.1) is 5.82 Å². The molecule has 0 fully saturated rings. The zero-order valence-corrected chi connectivity index (χ0v) is 16.7. The predicted octanol–water partition coefficient (Wildman–Crippen LogP) is 3.56. The Labute approximate surface area is 176 Å². The van der Waals surface area contributed by atoms with Gasteiger partial charge in [0, 0.05) is 18.1 Å². The smallest absolute Gasteiger partial charge is 0.407 e. The minimum Gasteiger partial charge on any atom is -0.445 e. The minimum atomic E-state index is -0.734. The molecule has 0 saturated carbocycles. The molecule has 0 unspecified atom stereocenters. The Morgan fingerprint density at radius 1 is 1.30 bits per heavy atom. The summed E-state index contributed by atoms with van der Waals surface area (Å²) in [4.78, 5) is 28.6. The molecule has 2 heterocycles. The van der Waals surface area contributed by atoms with E-state index in [1.54, 1.807) is 30.3 Å². The van der Waals surface area contributed by atoms with Gasteiger partial charge in [-0.25, -0.2) is 9.18 Å². The summed E-state index contributed by atoms with van der Waals surface area (Å²) in [6.07, 6.45) is 3.41. The number of aromatic nitrogens is 1. The van der Waals surface area contributed by atoms with Gasteiger partial charge < -0.3 is 20.5 Å². The number of alkyl carbamates (subject to hydrolysis) is 1. The summed E-state index contributed by atoms with van der Waals surface area (Å²) >= 11 is 1.20. The van der Waals surface area contributed by atoms with Crippen LogP contribution in [0.25, 0.3) is 10.1 Å². The van der Waals surface area contributed by atoms with Gasteiger partial charge in [0.25, 0.3) is 0 Å². The molecule has 3 rings (SSSR count). The topological polar surface area (TPSA) is 101 Å². The Kier molecular flexibility index (Phi) is 7.10. The molecule has 3 aromatic rings. The highest BCUT2D eigenvalue weighted by Crippen LogP contribution is 2.31. The number of fused-ring (bicyclic) bond motifs is 1. The first kappa shape index (κ1) is 21.4. The molecule has 156 valence electrons. The Hall–Kier alpha value is -3.30. The van der Waals surface area contributed by atoms with Crippen LogP contribution in [-0.4, -0.2) is 35.2 Å². The summed E-state index contributed by atoms with van der Waals surface area (Å²) in [7, 11) is 0. The van der Waals surface area contributed by atoms with Crippen LogP contribution in [0.2, 0.25) is 0 Å². The first-order valence-corrected chi connectivity index (χ1v) is 9.88. The van der Waals surface area contributed by atoms with Crippen molar-refractivity contribution in [2.45, 2.75) is 12.5 Å². The second kappa shape index (κ2) is 9.95. The van der Waals surface area contributed by atoms with E-state index in [1.165, 1.54) is 23.6 Å². The second-order valence-corrected chi connectivity index (χ2v) is 7.44. The summed E-state index contributed by atoms with van der Waals surface area (Å²) < 4.78 is 19.4. The number of benzene rings is 1. The summed E-state index contributed by atoms with van der Waals surface area (Å²) in [6, 6.07) is 8.37. The van der Waals surface area contributed by atoms with Crippen LogP contribution in [0.15, 0.2) is 55.4 Å². The number of halogens is 1. The third kappa shape index (κ3) is 5.19. The summed E-state index contributed by atoms with van der Waals surface area (Å²) in [6.45, 7) is 3.39. The number of pyridine rings is 1.